The van der Waals surface area contributed by atoms with Crippen molar-refractivity contribution in [3.63, 3.8) is 0 Å². The lowest BCUT2D eigenvalue weighted by Gasteiger charge is -2.24. The van der Waals surface area contributed by atoms with Gasteiger partial charge in [0, 0.05) is 12.1 Å². The number of nitrogens with one attached hydrogen (secondary N) is 1. The van der Waals surface area contributed by atoms with Crippen LogP contribution in [0.1, 0.15) is 40.0 Å². The maximum Gasteiger partial charge on any atom is 0.0578 e. The van der Waals surface area contributed by atoms with Gasteiger partial charge in [0.1, 0.15) is 0 Å². The first-order chi connectivity index (χ1) is 7.24. The number of rotatable bonds is 3. The summed E-state index contributed by atoms with van der Waals surface area (Å²) in [7, 11) is 0. The predicted molar refractivity (Wildman–Crippen MR) is 65.8 cm³/mol. The number of hydrogen-bond acceptors (Lipinski definition) is 2. The van der Waals surface area contributed by atoms with Crippen LogP contribution in [0.25, 0.3) is 0 Å². The molecule has 1 aliphatic rings. The van der Waals surface area contributed by atoms with Gasteiger partial charge in [0.05, 0.1) is 6.54 Å². The van der Waals surface area contributed by atoms with Crippen LogP contribution in [0.3, 0.4) is 0 Å². The average Bonchev–Trinajstić information content (AvgIpc) is 2.44. The smallest absolute Gasteiger partial charge is 0.0578 e. The molecule has 1 saturated heterocycles. The fourth-order valence-corrected chi connectivity index (χ4v) is 2.12. The number of nitrogens with zero attached hydrogens (tertiary/aromatic N) is 1. The second-order valence-electron chi connectivity index (χ2n) is 4.57. The lowest BCUT2D eigenvalue weighted by molar-refractivity contribution is 0.229. The van der Waals surface area contributed by atoms with Crippen LogP contribution in [0.15, 0.2) is 0 Å². The molecule has 0 saturated carbocycles. The Labute approximate surface area is 94.4 Å². The van der Waals surface area contributed by atoms with E-state index in [1.165, 1.54) is 32.4 Å². The first kappa shape index (κ1) is 12.5. The number of hydrogen-bond donors (Lipinski definition) is 1. The van der Waals surface area contributed by atoms with Crippen molar-refractivity contribution in [2.24, 2.45) is 0 Å². The van der Waals surface area contributed by atoms with E-state index >= 15 is 0 Å². The molecule has 0 radical (unpaired) electrons. The lowest BCUT2D eigenvalue weighted by atomic mass is 10.1. The Hall–Kier alpha value is -0.520. The summed E-state index contributed by atoms with van der Waals surface area (Å²) in [5.74, 6) is 6.00. The number of likely N-dealkylation sites (tertiary alicyclic amines) is 1. The summed E-state index contributed by atoms with van der Waals surface area (Å²) in [5, 5.41) is 3.52. The molecule has 0 aromatic heterocycles. The second-order valence-corrected chi connectivity index (χ2v) is 4.57. The SMILES string of the molecule is CC#CCNC1CCCN(C(C)C)CC1. The molecule has 0 aromatic carbocycles. The van der Waals surface area contributed by atoms with Crippen LogP contribution >= 0.6 is 0 Å². The molecule has 1 rings (SSSR count). The molecule has 2 heteroatoms. The minimum Gasteiger partial charge on any atom is -0.303 e. The molecule has 15 heavy (non-hydrogen) atoms. The monoisotopic (exact) mass is 208 g/mol. The minimum atomic E-state index is 0.676. The molecule has 0 bridgehead atoms. The first-order valence-corrected chi connectivity index (χ1v) is 6.11. The Bertz CT molecular complexity index is 224. The Balaban J connectivity index is 2.28. The van der Waals surface area contributed by atoms with Gasteiger partial charge in [0.25, 0.3) is 0 Å². The van der Waals surface area contributed by atoms with Gasteiger partial charge in [0.2, 0.25) is 0 Å². The van der Waals surface area contributed by atoms with Crippen LogP contribution in [-0.2, 0) is 0 Å². The fraction of sp³-hybridized carbons (Fsp3) is 0.846. The van der Waals surface area contributed by atoms with Gasteiger partial charge in [-0.1, -0.05) is 5.92 Å². The van der Waals surface area contributed by atoms with Gasteiger partial charge in [-0.25, -0.2) is 0 Å². The molecular formula is C13H24N2. The Morgan fingerprint density at radius 3 is 2.80 bits per heavy atom. The summed E-state index contributed by atoms with van der Waals surface area (Å²) < 4.78 is 0. The molecule has 1 N–H and O–H groups in total. The third-order valence-corrected chi connectivity index (χ3v) is 3.15. The van der Waals surface area contributed by atoms with Crippen LogP contribution in [0.4, 0.5) is 0 Å². The van der Waals surface area contributed by atoms with E-state index in [0.717, 1.165) is 6.54 Å². The van der Waals surface area contributed by atoms with Crippen molar-refractivity contribution < 1.29 is 0 Å². The summed E-state index contributed by atoms with van der Waals surface area (Å²) in [6.45, 7) is 9.81. The summed E-state index contributed by atoms with van der Waals surface area (Å²) in [6, 6.07) is 1.37. The summed E-state index contributed by atoms with van der Waals surface area (Å²) >= 11 is 0. The highest BCUT2D eigenvalue weighted by atomic mass is 15.1. The highest BCUT2D eigenvalue weighted by Gasteiger charge is 2.17. The van der Waals surface area contributed by atoms with Crippen LogP contribution in [-0.4, -0.2) is 36.6 Å². The van der Waals surface area contributed by atoms with Gasteiger partial charge in [-0.3, -0.25) is 0 Å². The van der Waals surface area contributed by atoms with E-state index < -0.39 is 0 Å². The van der Waals surface area contributed by atoms with Crippen LogP contribution in [0.2, 0.25) is 0 Å². The molecule has 0 aromatic rings. The van der Waals surface area contributed by atoms with E-state index in [9.17, 15) is 0 Å². The van der Waals surface area contributed by atoms with Gasteiger partial charge < -0.3 is 10.2 Å². The van der Waals surface area contributed by atoms with Gasteiger partial charge in [-0.15, -0.1) is 5.92 Å². The van der Waals surface area contributed by atoms with Gasteiger partial charge in [0.15, 0.2) is 0 Å². The molecule has 0 spiro atoms. The highest BCUT2D eigenvalue weighted by molar-refractivity contribution is 4.97. The summed E-state index contributed by atoms with van der Waals surface area (Å²) in [6.07, 6.45) is 3.88. The van der Waals surface area contributed by atoms with Gasteiger partial charge in [-0.2, -0.15) is 0 Å². The zero-order valence-electron chi connectivity index (χ0n) is 10.3. The van der Waals surface area contributed by atoms with E-state index in [1.54, 1.807) is 0 Å². The zero-order chi connectivity index (χ0) is 11.1. The van der Waals surface area contributed by atoms with Crippen molar-refractivity contribution in [1.82, 2.24) is 10.2 Å². The molecule has 86 valence electrons. The van der Waals surface area contributed by atoms with Crippen LogP contribution in [0, 0.1) is 11.8 Å². The van der Waals surface area contributed by atoms with Crippen molar-refractivity contribution in [3.05, 3.63) is 0 Å². The third kappa shape index (κ3) is 4.68. The Morgan fingerprint density at radius 2 is 2.13 bits per heavy atom. The van der Waals surface area contributed by atoms with Crippen LogP contribution in [0.5, 0.6) is 0 Å². The topological polar surface area (TPSA) is 15.3 Å². The molecule has 1 unspecified atom stereocenters. The molecule has 1 fully saturated rings. The average molecular weight is 208 g/mol. The van der Waals surface area contributed by atoms with E-state index in [0.29, 0.717) is 12.1 Å². The lowest BCUT2D eigenvalue weighted by Crippen LogP contribution is -2.34. The standard InChI is InChI=1S/C13H24N2/c1-4-5-9-14-13-7-6-10-15(11-8-13)12(2)3/h12-14H,6-11H2,1-3H3. The molecule has 1 heterocycles. The fourth-order valence-electron chi connectivity index (χ4n) is 2.12. The minimum absolute atomic E-state index is 0.676. The molecule has 0 aliphatic carbocycles. The van der Waals surface area contributed by atoms with E-state index in [-0.39, 0.29) is 0 Å². The van der Waals surface area contributed by atoms with Crippen molar-refractivity contribution in [2.45, 2.75) is 52.1 Å². The third-order valence-electron chi connectivity index (χ3n) is 3.15. The Morgan fingerprint density at radius 1 is 1.33 bits per heavy atom. The van der Waals surface area contributed by atoms with Gasteiger partial charge >= 0.3 is 0 Å². The molecule has 1 atom stereocenters. The highest BCUT2D eigenvalue weighted by Crippen LogP contribution is 2.12. The summed E-state index contributed by atoms with van der Waals surface area (Å²) in [4.78, 5) is 2.58. The first-order valence-electron chi connectivity index (χ1n) is 6.11. The molecule has 2 nitrogen and oxygen atoms in total. The zero-order valence-corrected chi connectivity index (χ0v) is 10.3. The maximum absolute atomic E-state index is 3.52. The normalized spacial score (nSPS) is 23.3. The quantitative estimate of drug-likeness (QED) is 0.712. The second kappa shape index (κ2) is 6.87. The predicted octanol–water partition coefficient (Wildman–Crippen LogP) is 1.86. The summed E-state index contributed by atoms with van der Waals surface area (Å²) in [5.41, 5.74) is 0. The van der Waals surface area contributed by atoms with Crippen molar-refractivity contribution in [2.75, 3.05) is 19.6 Å². The molecular weight excluding hydrogens is 184 g/mol. The van der Waals surface area contributed by atoms with Crippen LogP contribution < -0.4 is 5.32 Å². The largest absolute Gasteiger partial charge is 0.303 e. The van der Waals surface area contributed by atoms with Crippen molar-refractivity contribution in [1.29, 1.82) is 0 Å². The van der Waals surface area contributed by atoms with Crippen molar-refractivity contribution >= 4 is 0 Å². The van der Waals surface area contributed by atoms with E-state index in [2.05, 4.69) is 35.9 Å². The van der Waals surface area contributed by atoms with E-state index in [4.69, 9.17) is 0 Å². The van der Waals surface area contributed by atoms with Gasteiger partial charge in [-0.05, 0) is 53.1 Å². The van der Waals surface area contributed by atoms with Crippen molar-refractivity contribution in [3.8, 4) is 11.8 Å². The van der Waals surface area contributed by atoms with E-state index in [1.807, 2.05) is 6.92 Å². The Kier molecular flexibility index (Phi) is 5.75. The maximum atomic E-state index is 3.52. The molecule has 0 amide bonds. The molecule has 1 aliphatic heterocycles.